The van der Waals surface area contributed by atoms with Gasteiger partial charge in [0.05, 0.1) is 19.9 Å². The number of aryl methyl sites for hydroxylation is 1. The van der Waals surface area contributed by atoms with E-state index in [9.17, 15) is 0 Å². The predicted octanol–water partition coefficient (Wildman–Crippen LogP) is 2.79. The maximum absolute atomic E-state index is 6.22. The zero-order chi connectivity index (χ0) is 14.5. The predicted molar refractivity (Wildman–Crippen MR) is 78.4 cm³/mol. The Morgan fingerprint density at radius 1 is 1.35 bits per heavy atom. The van der Waals surface area contributed by atoms with E-state index >= 15 is 0 Å². The number of hydrogen-bond acceptors (Lipinski definition) is 6. The average Bonchev–Trinajstić information content (AvgIpc) is 2.89. The first-order chi connectivity index (χ1) is 9.63. The standard InChI is InChI=1S/C14H18N2O3S/c1-9-7-19-14(16-9)20-8-12(15)11-6-10(17-2)4-5-13(11)18-3/h4-7,12H,8,15H2,1-3H3. The summed E-state index contributed by atoms with van der Waals surface area (Å²) in [5.41, 5.74) is 7.99. The number of methoxy groups -OCH3 is 2. The fourth-order valence-corrected chi connectivity index (χ4v) is 2.61. The highest BCUT2D eigenvalue weighted by molar-refractivity contribution is 7.99. The van der Waals surface area contributed by atoms with Crippen LogP contribution in [0.25, 0.3) is 0 Å². The monoisotopic (exact) mass is 294 g/mol. The number of thioether (sulfide) groups is 1. The van der Waals surface area contributed by atoms with E-state index in [-0.39, 0.29) is 6.04 Å². The molecule has 1 aromatic carbocycles. The van der Waals surface area contributed by atoms with Gasteiger partial charge in [-0.25, -0.2) is 4.98 Å². The normalized spacial score (nSPS) is 12.2. The molecule has 0 bridgehead atoms. The summed E-state index contributed by atoms with van der Waals surface area (Å²) < 4.78 is 15.9. The molecule has 1 aromatic heterocycles. The van der Waals surface area contributed by atoms with Crippen molar-refractivity contribution in [2.75, 3.05) is 20.0 Å². The van der Waals surface area contributed by atoms with Crippen molar-refractivity contribution in [1.82, 2.24) is 4.98 Å². The topological polar surface area (TPSA) is 70.5 Å². The highest BCUT2D eigenvalue weighted by Crippen LogP contribution is 2.31. The number of hydrogen-bond donors (Lipinski definition) is 1. The summed E-state index contributed by atoms with van der Waals surface area (Å²) >= 11 is 1.48. The van der Waals surface area contributed by atoms with Gasteiger partial charge >= 0.3 is 0 Å². The van der Waals surface area contributed by atoms with Crippen molar-refractivity contribution < 1.29 is 13.9 Å². The number of rotatable bonds is 6. The summed E-state index contributed by atoms with van der Waals surface area (Å²) in [5, 5.41) is 0.625. The quantitative estimate of drug-likeness (QED) is 0.826. The van der Waals surface area contributed by atoms with Gasteiger partial charge in [0.2, 0.25) is 0 Å². The van der Waals surface area contributed by atoms with Crippen LogP contribution >= 0.6 is 11.8 Å². The maximum atomic E-state index is 6.22. The third-order valence-corrected chi connectivity index (χ3v) is 3.78. The zero-order valence-corrected chi connectivity index (χ0v) is 12.6. The van der Waals surface area contributed by atoms with Crippen molar-refractivity contribution in [3.8, 4) is 11.5 Å². The van der Waals surface area contributed by atoms with Crippen molar-refractivity contribution in [3.63, 3.8) is 0 Å². The minimum Gasteiger partial charge on any atom is -0.497 e. The van der Waals surface area contributed by atoms with E-state index < -0.39 is 0 Å². The molecule has 0 saturated carbocycles. The molecule has 1 atom stereocenters. The lowest BCUT2D eigenvalue weighted by atomic mass is 10.1. The molecule has 0 amide bonds. The third-order valence-electron chi connectivity index (χ3n) is 2.82. The summed E-state index contributed by atoms with van der Waals surface area (Å²) in [4.78, 5) is 4.24. The fourth-order valence-electron chi connectivity index (χ4n) is 1.78. The van der Waals surface area contributed by atoms with Gasteiger partial charge in [-0.1, -0.05) is 11.8 Å². The van der Waals surface area contributed by atoms with Crippen LogP contribution < -0.4 is 15.2 Å². The third kappa shape index (κ3) is 3.46. The van der Waals surface area contributed by atoms with Gasteiger partial charge in [0, 0.05) is 17.4 Å². The first-order valence-corrected chi connectivity index (χ1v) is 7.15. The van der Waals surface area contributed by atoms with Gasteiger partial charge in [0.25, 0.3) is 5.22 Å². The summed E-state index contributed by atoms with van der Waals surface area (Å²) in [5.74, 6) is 2.15. The second-order valence-corrected chi connectivity index (χ2v) is 5.25. The Morgan fingerprint density at radius 2 is 2.15 bits per heavy atom. The van der Waals surface area contributed by atoms with Crippen LogP contribution in [0.2, 0.25) is 0 Å². The molecule has 6 heteroatoms. The summed E-state index contributed by atoms with van der Waals surface area (Å²) in [7, 11) is 3.25. The van der Waals surface area contributed by atoms with Crippen LogP contribution in [0.4, 0.5) is 0 Å². The zero-order valence-electron chi connectivity index (χ0n) is 11.8. The van der Waals surface area contributed by atoms with Crippen LogP contribution in [0, 0.1) is 6.92 Å². The molecule has 5 nitrogen and oxygen atoms in total. The largest absolute Gasteiger partial charge is 0.497 e. The van der Waals surface area contributed by atoms with Crippen molar-refractivity contribution in [3.05, 3.63) is 35.7 Å². The highest BCUT2D eigenvalue weighted by atomic mass is 32.2. The number of nitrogens with zero attached hydrogens (tertiary/aromatic N) is 1. The summed E-state index contributed by atoms with van der Waals surface area (Å²) in [6.45, 7) is 1.89. The molecule has 1 heterocycles. The Bertz CT molecular complexity index is 571. The van der Waals surface area contributed by atoms with Gasteiger partial charge < -0.3 is 19.6 Å². The number of aromatic nitrogens is 1. The van der Waals surface area contributed by atoms with E-state index in [0.29, 0.717) is 11.0 Å². The molecule has 0 aliphatic carbocycles. The Labute approximate surface area is 122 Å². The molecule has 2 aromatic rings. The molecule has 0 aliphatic rings. The van der Waals surface area contributed by atoms with Crippen molar-refractivity contribution in [2.45, 2.75) is 18.2 Å². The van der Waals surface area contributed by atoms with Gasteiger partial charge in [-0.15, -0.1) is 0 Å². The average molecular weight is 294 g/mol. The number of benzene rings is 1. The Hall–Kier alpha value is -1.66. The molecule has 0 saturated heterocycles. The van der Waals surface area contributed by atoms with Crippen molar-refractivity contribution in [1.29, 1.82) is 0 Å². The maximum Gasteiger partial charge on any atom is 0.255 e. The second kappa shape index (κ2) is 6.67. The van der Waals surface area contributed by atoms with E-state index in [0.717, 1.165) is 22.8 Å². The molecule has 2 rings (SSSR count). The minimum atomic E-state index is -0.197. The molecular formula is C14H18N2O3S. The van der Waals surface area contributed by atoms with Crippen LogP contribution in [-0.4, -0.2) is 25.0 Å². The van der Waals surface area contributed by atoms with Gasteiger partial charge in [0.1, 0.15) is 17.8 Å². The first kappa shape index (κ1) is 14.7. The SMILES string of the molecule is COc1ccc(OC)c(C(N)CSc2nc(C)co2)c1. The molecule has 0 spiro atoms. The van der Waals surface area contributed by atoms with Gasteiger partial charge in [-0.2, -0.15) is 0 Å². The number of nitrogens with two attached hydrogens (primary N) is 1. The van der Waals surface area contributed by atoms with E-state index in [1.165, 1.54) is 11.8 Å². The number of oxazole rings is 1. The smallest absolute Gasteiger partial charge is 0.255 e. The second-order valence-electron chi connectivity index (χ2n) is 4.28. The van der Waals surface area contributed by atoms with Crippen LogP contribution in [0.5, 0.6) is 11.5 Å². The van der Waals surface area contributed by atoms with Crippen LogP contribution in [0.15, 0.2) is 34.1 Å². The molecule has 2 N–H and O–H groups in total. The molecule has 20 heavy (non-hydrogen) atoms. The first-order valence-electron chi connectivity index (χ1n) is 6.16. The van der Waals surface area contributed by atoms with Crippen LogP contribution in [0.1, 0.15) is 17.3 Å². The lowest BCUT2D eigenvalue weighted by molar-refractivity contribution is 0.396. The Morgan fingerprint density at radius 3 is 2.75 bits per heavy atom. The van der Waals surface area contributed by atoms with Crippen LogP contribution in [0.3, 0.4) is 0 Å². The van der Waals surface area contributed by atoms with E-state index in [1.807, 2.05) is 25.1 Å². The number of ether oxygens (including phenoxy) is 2. The lowest BCUT2D eigenvalue weighted by Crippen LogP contribution is -2.14. The lowest BCUT2D eigenvalue weighted by Gasteiger charge is -2.15. The Balaban J connectivity index is 2.09. The highest BCUT2D eigenvalue weighted by Gasteiger charge is 2.15. The van der Waals surface area contributed by atoms with Crippen LogP contribution in [-0.2, 0) is 0 Å². The fraction of sp³-hybridized carbons (Fsp3) is 0.357. The van der Waals surface area contributed by atoms with Crippen molar-refractivity contribution in [2.24, 2.45) is 5.73 Å². The van der Waals surface area contributed by atoms with Gasteiger partial charge in [-0.3, -0.25) is 0 Å². The van der Waals surface area contributed by atoms with E-state index in [4.69, 9.17) is 19.6 Å². The Kier molecular flexibility index (Phi) is 4.92. The van der Waals surface area contributed by atoms with E-state index in [1.54, 1.807) is 20.5 Å². The molecule has 1 unspecified atom stereocenters. The molecule has 0 fully saturated rings. The van der Waals surface area contributed by atoms with E-state index in [2.05, 4.69) is 4.98 Å². The molecule has 108 valence electrons. The van der Waals surface area contributed by atoms with Gasteiger partial charge in [-0.05, 0) is 25.1 Å². The minimum absolute atomic E-state index is 0.197. The van der Waals surface area contributed by atoms with Crippen molar-refractivity contribution >= 4 is 11.8 Å². The molecule has 0 radical (unpaired) electrons. The summed E-state index contributed by atoms with van der Waals surface area (Å²) in [6, 6.07) is 5.40. The molecule has 0 aliphatic heterocycles. The molecular weight excluding hydrogens is 276 g/mol. The van der Waals surface area contributed by atoms with Gasteiger partial charge in [0.15, 0.2) is 0 Å². The summed E-state index contributed by atoms with van der Waals surface area (Å²) in [6.07, 6.45) is 1.62.